The Morgan fingerprint density at radius 2 is 1.88 bits per heavy atom. The molecule has 0 bridgehead atoms. The van der Waals surface area contributed by atoms with Crippen LogP contribution in [-0.2, 0) is 4.74 Å². The molecule has 0 aliphatic heterocycles. The van der Waals surface area contributed by atoms with E-state index in [1.54, 1.807) is 31.2 Å². The Morgan fingerprint density at radius 3 is 2.56 bits per heavy atom. The molecule has 0 aliphatic carbocycles. The van der Waals surface area contributed by atoms with Gasteiger partial charge in [0.05, 0.1) is 5.56 Å². The molecule has 6 heteroatoms. The van der Waals surface area contributed by atoms with E-state index in [-0.39, 0.29) is 6.61 Å². The molecule has 0 saturated heterocycles. The van der Waals surface area contributed by atoms with Gasteiger partial charge < -0.3 is 14.0 Å². The monoisotopic (exact) mass is 338 g/mol. The smallest absolute Gasteiger partial charge is 0.338 e. The van der Waals surface area contributed by atoms with Gasteiger partial charge in [-0.25, -0.2) is 4.79 Å². The molecule has 0 radical (unpaired) electrons. The van der Waals surface area contributed by atoms with Crippen molar-refractivity contribution in [2.75, 3.05) is 13.2 Å². The number of nitrogens with zero attached hydrogens (tertiary/aromatic N) is 2. The molecule has 0 saturated carbocycles. The van der Waals surface area contributed by atoms with Crippen LogP contribution in [0.15, 0.2) is 53.1 Å². The summed E-state index contributed by atoms with van der Waals surface area (Å²) in [5.41, 5.74) is 2.32. The minimum Gasteiger partial charge on any atom is -0.490 e. The molecule has 0 N–H and O–H groups in total. The third-order valence-electron chi connectivity index (χ3n) is 3.47. The second-order valence-corrected chi connectivity index (χ2v) is 5.52. The molecule has 3 rings (SSSR count). The lowest BCUT2D eigenvalue weighted by atomic mass is 10.1. The second kappa shape index (κ2) is 7.61. The predicted molar refractivity (Wildman–Crippen MR) is 91.4 cm³/mol. The van der Waals surface area contributed by atoms with Crippen LogP contribution >= 0.6 is 0 Å². The van der Waals surface area contributed by atoms with E-state index in [9.17, 15) is 4.79 Å². The molecule has 128 valence electrons. The molecule has 0 amide bonds. The van der Waals surface area contributed by atoms with Crippen LogP contribution in [0.25, 0.3) is 11.5 Å². The van der Waals surface area contributed by atoms with Gasteiger partial charge in [0.2, 0.25) is 0 Å². The summed E-state index contributed by atoms with van der Waals surface area (Å²) in [6, 6.07) is 14.5. The van der Waals surface area contributed by atoms with Gasteiger partial charge in [-0.1, -0.05) is 17.3 Å². The van der Waals surface area contributed by atoms with Gasteiger partial charge in [-0.2, -0.15) is 4.98 Å². The topological polar surface area (TPSA) is 74.5 Å². The average Bonchev–Trinajstić information content (AvgIpc) is 3.05. The molecular formula is C19H18N2O4. The number of carbonyl (C=O) groups excluding carboxylic acids is 1. The second-order valence-electron chi connectivity index (χ2n) is 5.52. The fraction of sp³-hybridized carbons (Fsp3) is 0.211. The van der Waals surface area contributed by atoms with Crippen molar-refractivity contribution in [2.45, 2.75) is 13.8 Å². The molecule has 0 atom stereocenters. The number of carbonyl (C=O) groups is 1. The Morgan fingerprint density at radius 1 is 1.08 bits per heavy atom. The van der Waals surface area contributed by atoms with E-state index < -0.39 is 5.97 Å². The Kier molecular flexibility index (Phi) is 5.09. The van der Waals surface area contributed by atoms with Gasteiger partial charge in [0.1, 0.15) is 19.0 Å². The molecule has 0 unspecified atom stereocenters. The highest BCUT2D eigenvalue weighted by atomic mass is 16.6. The Bertz CT molecular complexity index is 856. The molecule has 1 heterocycles. The van der Waals surface area contributed by atoms with Gasteiger partial charge in [-0.05, 0) is 55.8 Å². The van der Waals surface area contributed by atoms with E-state index in [2.05, 4.69) is 10.1 Å². The summed E-state index contributed by atoms with van der Waals surface area (Å²) in [6.45, 7) is 4.22. The maximum atomic E-state index is 12.0. The van der Waals surface area contributed by atoms with Gasteiger partial charge in [-0.15, -0.1) is 0 Å². The van der Waals surface area contributed by atoms with E-state index in [0.29, 0.717) is 23.9 Å². The van der Waals surface area contributed by atoms with Crippen molar-refractivity contribution >= 4 is 5.97 Å². The van der Waals surface area contributed by atoms with Crippen LogP contribution in [0.2, 0.25) is 0 Å². The first kappa shape index (κ1) is 16.7. The van der Waals surface area contributed by atoms with Crippen molar-refractivity contribution in [3.05, 3.63) is 65.5 Å². The van der Waals surface area contributed by atoms with E-state index >= 15 is 0 Å². The Balaban J connectivity index is 1.49. The number of aryl methyl sites for hydroxylation is 2. The lowest BCUT2D eigenvalue weighted by molar-refractivity contribution is 0.0450. The summed E-state index contributed by atoms with van der Waals surface area (Å²) in [5.74, 6) is 1.34. The van der Waals surface area contributed by atoms with Crippen LogP contribution in [0.1, 0.15) is 21.7 Å². The maximum absolute atomic E-state index is 12.0. The Hall–Kier alpha value is -3.15. The number of rotatable bonds is 6. The van der Waals surface area contributed by atoms with Crippen molar-refractivity contribution in [1.82, 2.24) is 10.1 Å². The largest absolute Gasteiger partial charge is 0.490 e. The zero-order chi connectivity index (χ0) is 17.6. The van der Waals surface area contributed by atoms with Crippen LogP contribution in [0.3, 0.4) is 0 Å². The normalized spacial score (nSPS) is 10.5. The maximum Gasteiger partial charge on any atom is 0.338 e. The van der Waals surface area contributed by atoms with E-state index in [1.165, 1.54) is 0 Å². The highest BCUT2D eigenvalue weighted by molar-refractivity contribution is 5.89. The highest BCUT2D eigenvalue weighted by Crippen LogP contribution is 2.18. The average molecular weight is 338 g/mol. The summed E-state index contributed by atoms with van der Waals surface area (Å²) in [4.78, 5) is 16.2. The lowest BCUT2D eigenvalue weighted by Gasteiger charge is -2.08. The third kappa shape index (κ3) is 4.44. The van der Waals surface area contributed by atoms with Gasteiger partial charge in [0, 0.05) is 5.56 Å². The molecule has 0 fully saturated rings. The lowest BCUT2D eigenvalue weighted by Crippen LogP contribution is -2.12. The first-order chi connectivity index (χ1) is 12.1. The zero-order valence-electron chi connectivity index (χ0n) is 14.1. The minimum absolute atomic E-state index is 0.178. The summed E-state index contributed by atoms with van der Waals surface area (Å²) in [5, 5.41) is 3.74. The van der Waals surface area contributed by atoms with Crippen molar-refractivity contribution in [2.24, 2.45) is 0 Å². The molecule has 25 heavy (non-hydrogen) atoms. The number of benzene rings is 2. The van der Waals surface area contributed by atoms with Gasteiger partial charge >= 0.3 is 5.97 Å². The molecule has 2 aromatic carbocycles. The first-order valence-electron chi connectivity index (χ1n) is 7.89. The predicted octanol–water partition coefficient (Wildman–Crippen LogP) is 3.59. The number of hydrogen-bond donors (Lipinski definition) is 0. The fourth-order valence-electron chi connectivity index (χ4n) is 2.25. The zero-order valence-corrected chi connectivity index (χ0v) is 14.1. The number of esters is 1. The van der Waals surface area contributed by atoms with E-state index in [4.69, 9.17) is 14.0 Å². The third-order valence-corrected chi connectivity index (χ3v) is 3.47. The van der Waals surface area contributed by atoms with Crippen LogP contribution in [0, 0.1) is 13.8 Å². The summed E-state index contributed by atoms with van der Waals surface area (Å²) in [6.07, 6.45) is 0. The minimum atomic E-state index is -0.402. The summed E-state index contributed by atoms with van der Waals surface area (Å²) < 4.78 is 15.8. The van der Waals surface area contributed by atoms with Gasteiger partial charge in [-0.3, -0.25) is 0 Å². The van der Waals surface area contributed by atoms with Crippen molar-refractivity contribution in [3.63, 3.8) is 0 Å². The van der Waals surface area contributed by atoms with Gasteiger partial charge in [0.25, 0.3) is 5.89 Å². The van der Waals surface area contributed by atoms with Crippen molar-refractivity contribution < 1.29 is 18.8 Å². The summed E-state index contributed by atoms with van der Waals surface area (Å²) >= 11 is 0. The molecule has 0 aliphatic rings. The Labute approximate surface area is 145 Å². The van der Waals surface area contributed by atoms with Crippen molar-refractivity contribution in [1.29, 1.82) is 0 Å². The van der Waals surface area contributed by atoms with Crippen LogP contribution < -0.4 is 4.74 Å². The van der Waals surface area contributed by atoms with Crippen molar-refractivity contribution in [3.8, 4) is 17.2 Å². The van der Waals surface area contributed by atoms with E-state index in [0.717, 1.165) is 16.9 Å². The summed E-state index contributed by atoms with van der Waals surface area (Å²) in [7, 11) is 0. The van der Waals surface area contributed by atoms with E-state index in [1.807, 2.05) is 31.2 Å². The van der Waals surface area contributed by atoms with Crippen LogP contribution in [0.4, 0.5) is 0 Å². The molecular weight excluding hydrogens is 320 g/mol. The van der Waals surface area contributed by atoms with Crippen LogP contribution in [0.5, 0.6) is 5.75 Å². The number of hydrogen-bond acceptors (Lipinski definition) is 6. The fourth-order valence-corrected chi connectivity index (χ4v) is 2.25. The molecule has 1 aromatic heterocycles. The molecule has 0 spiro atoms. The SMILES string of the molecule is Cc1cccc(OCCOC(=O)c2ccc(-c3nc(C)no3)cc2)c1. The highest BCUT2D eigenvalue weighted by Gasteiger charge is 2.10. The molecule has 3 aromatic rings. The van der Waals surface area contributed by atoms with Gasteiger partial charge in [0.15, 0.2) is 5.82 Å². The first-order valence-corrected chi connectivity index (χ1v) is 7.89. The number of aromatic nitrogens is 2. The standard InChI is InChI=1S/C19H18N2O4/c1-13-4-3-5-17(12-13)23-10-11-24-19(22)16-8-6-15(7-9-16)18-20-14(2)21-25-18/h3-9,12H,10-11H2,1-2H3. The number of ether oxygens (including phenoxy) is 2. The quantitative estimate of drug-likeness (QED) is 0.505. The molecule has 6 nitrogen and oxygen atoms in total. The van der Waals surface area contributed by atoms with Crippen LogP contribution in [-0.4, -0.2) is 29.3 Å².